The van der Waals surface area contributed by atoms with Gasteiger partial charge in [-0.05, 0) is 24.8 Å². The molecule has 0 amide bonds. The predicted molar refractivity (Wildman–Crippen MR) is 73.5 cm³/mol. The number of aryl methyl sites for hydroxylation is 1. The van der Waals surface area contributed by atoms with Crippen LogP contribution in [0.3, 0.4) is 0 Å². The van der Waals surface area contributed by atoms with E-state index in [1.807, 2.05) is 6.92 Å². The highest BCUT2D eigenvalue weighted by Gasteiger charge is 2.11. The number of nitrogen functional groups attached to an aromatic ring is 1. The Labute approximate surface area is 121 Å². The van der Waals surface area contributed by atoms with E-state index in [-0.39, 0.29) is 5.95 Å². The summed E-state index contributed by atoms with van der Waals surface area (Å²) in [5, 5.41) is 13.4. The van der Waals surface area contributed by atoms with Crippen molar-refractivity contribution >= 4 is 29.0 Å². The van der Waals surface area contributed by atoms with Crippen LogP contribution < -0.4 is 11.3 Å². The van der Waals surface area contributed by atoms with Crippen LogP contribution in [0.15, 0.2) is 28.0 Å². The van der Waals surface area contributed by atoms with Gasteiger partial charge in [-0.2, -0.15) is 20.1 Å². The largest absolute Gasteiger partial charge is 0.292 e. The Morgan fingerprint density at radius 3 is 2.85 bits per heavy atom. The fourth-order valence-corrected chi connectivity index (χ4v) is 3.01. The number of hydrazine groups is 1. The van der Waals surface area contributed by atoms with Gasteiger partial charge in [-0.1, -0.05) is 11.3 Å². The Bertz CT molecular complexity index is 708. The van der Waals surface area contributed by atoms with Crippen LogP contribution in [0.25, 0.3) is 5.95 Å². The molecule has 3 aromatic rings. The Morgan fingerprint density at radius 2 is 2.20 bits per heavy atom. The lowest BCUT2D eigenvalue weighted by molar-refractivity contribution is 0.760. The zero-order chi connectivity index (χ0) is 13.9. The molecule has 0 spiro atoms. The van der Waals surface area contributed by atoms with Crippen molar-refractivity contribution in [2.45, 2.75) is 16.4 Å². The van der Waals surface area contributed by atoms with Gasteiger partial charge in [0.2, 0.25) is 11.1 Å². The van der Waals surface area contributed by atoms with Crippen LogP contribution in [-0.2, 0) is 0 Å². The molecule has 0 saturated carbocycles. The third kappa shape index (κ3) is 2.74. The first-order valence-corrected chi connectivity index (χ1v) is 7.08. The summed E-state index contributed by atoms with van der Waals surface area (Å²) in [4.78, 5) is 12.6. The normalized spacial score (nSPS) is 10.7. The van der Waals surface area contributed by atoms with Crippen molar-refractivity contribution in [3.63, 3.8) is 0 Å². The molecule has 11 heteroatoms. The standard InChI is InChI=1S/C9H9N9S2/c1-5-16-17-9(19-5)20-8-13-6(15-10)12-7(14-8)18-4-2-3-11-18/h2-4H,10H2,1H3,(H,12,13,14,15). The molecular weight excluding hydrogens is 298 g/mol. The molecule has 3 rings (SSSR count). The molecule has 3 aromatic heterocycles. The minimum Gasteiger partial charge on any atom is -0.292 e. The number of hydrogen-bond acceptors (Lipinski definition) is 10. The molecular formula is C9H9N9S2. The second-order valence-electron chi connectivity index (χ2n) is 3.53. The third-order valence-electron chi connectivity index (χ3n) is 2.13. The van der Waals surface area contributed by atoms with E-state index in [4.69, 9.17) is 5.84 Å². The van der Waals surface area contributed by atoms with Gasteiger partial charge in [-0.25, -0.2) is 10.5 Å². The first kappa shape index (κ1) is 12.9. The van der Waals surface area contributed by atoms with E-state index in [0.717, 1.165) is 9.35 Å². The molecule has 0 radical (unpaired) electrons. The summed E-state index contributed by atoms with van der Waals surface area (Å²) in [7, 11) is 0. The van der Waals surface area contributed by atoms with Gasteiger partial charge in [0.05, 0.1) is 0 Å². The maximum atomic E-state index is 5.37. The van der Waals surface area contributed by atoms with Gasteiger partial charge in [-0.15, -0.1) is 10.2 Å². The highest BCUT2D eigenvalue weighted by Crippen LogP contribution is 2.27. The Hall–Kier alpha value is -2.11. The van der Waals surface area contributed by atoms with Gasteiger partial charge >= 0.3 is 0 Å². The quantitative estimate of drug-likeness (QED) is 0.528. The maximum Gasteiger partial charge on any atom is 0.256 e. The maximum absolute atomic E-state index is 5.37. The molecule has 0 aliphatic carbocycles. The highest BCUT2D eigenvalue weighted by molar-refractivity contribution is 8.00. The van der Waals surface area contributed by atoms with Crippen LogP contribution in [0.4, 0.5) is 5.95 Å². The summed E-state index contributed by atoms with van der Waals surface area (Å²) in [5.41, 5.74) is 2.41. The van der Waals surface area contributed by atoms with E-state index in [9.17, 15) is 0 Å². The molecule has 0 fully saturated rings. The Morgan fingerprint density at radius 1 is 1.30 bits per heavy atom. The van der Waals surface area contributed by atoms with Crippen molar-refractivity contribution < 1.29 is 0 Å². The molecule has 0 aliphatic rings. The van der Waals surface area contributed by atoms with Crippen LogP contribution in [-0.4, -0.2) is 34.9 Å². The van der Waals surface area contributed by atoms with Crippen molar-refractivity contribution in [1.82, 2.24) is 34.9 Å². The average Bonchev–Trinajstić information content (AvgIpc) is 3.10. The molecule has 0 unspecified atom stereocenters. The highest BCUT2D eigenvalue weighted by atomic mass is 32.2. The van der Waals surface area contributed by atoms with Crippen molar-refractivity contribution in [2.75, 3.05) is 5.43 Å². The minimum atomic E-state index is 0.259. The summed E-state index contributed by atoms with van der Waals surface area (Å²) in [6.07, 6.45) is 3.37. The summed E-state index contributed by atoms with van der Waals surface area (Å²) < 4.78 is 2.28. The number of hydrogen-bond donors (Lipinski definition) is 2. The van der Waals surface area contributed by atoms with Crippen molar-refractivity contribution in [1.29, 1.82) is 0 Å². The zero-order valence-corrected chi connectivity index (χ0v) is 11.9. The number of rotatable bonds is 4. The van der Waals surface area contributed by atoms with E-state index in [1.54, 1.807) is 18.5 Å². The third-order valence-corrected chi connectivity index (χ3v) is 3.88. The van der Waals surface area contributed by atoms with E-state index in [2.05, 4.69) is 35.7 Å². The van der Waals surface area contributed by atoms with Gasteiger partial charge in [-0.3, -0.25) is 5.43 Å². The molecule has 9 nitrogen and oxygen atoms in total. The number of nitrogens with zero attached hydrogens (tertiary/aromatic N) is 7. The Kier molecular flexibility index (Phi) is 3.54. The van der Waals surface area contributed by atoms with E-state index in [0.29, 0.717) is 11.1 Å². The van der Waals surface area contributed by atoms with Crippen molar-refractivity contribution in [3.8, 4) is 5.95 Å². The molecule has 0 aliphatic heterocycles. The second kappa shape index (κ2) is 5.48. The fourth-order valence-electron chi connectivity index (χ4n) is 1.34. The smallest absolute Gasteiger partial charge is 0.256 e. The Balaban J connectivity index is 1.96. The van der Waals surface area contributed by atoms with E-state index >= 15 is 0 Å². The van der Waals surface area contributed by atoms with Gasteiger partial charge < -0.3 is 0 Å². The van der Waals surface area contributed by atoms with Crippen molar-refractivity contribution in [2.24, 2.45) is 5.84 Å². The lowest BCUT2D eigenvalue weighted by Gasteiger charge is -2.04. The molecule has 3 heterocycles. The van der Waals surface area contributed by atoms with Crippen LogP contribution in [0.2, 0.25) is 0 Å². The van der Waals surface area contributed by atoms with Crippen molar-refractivity contribution in [3.05, 3.63) is 23.5 Å². The topological polar surface area (TPSA) is 120 Å². The van der Waals surface area contributed by atoms with E-state index in [1.165, 1.54) is 27.8 Å². The minimum absolute atomic E-state index is 0.259. The summed E-state index contributed by atoms with van der Waals surface area (Å²) >= 11 is 2.76. The van der Waals surface area contributed by atoms with Crippen LogP contribution in [0, 0.1) is 6.92 Å². The molecule has 0 atom stereocenters. The number of aromatic nitrogens is 7. The van der Waals surface area contributed by atoms with Gasteiger partial charge in [0.15, 0.2) is 4.34 Å². The predicted octanol–water partition coefficient (Wildman–Crippen LogP) is 0.654. The molecule has 0 saturated heterocycles. The second-order valence-corrected chi connectivity index (χ2v) is 5.92. The molecule has 3 N–H and O–H groups in total. The lowest BCUT2D eigenvalue weighted by Crippen LogP contribution is -2.14. The summed E-state index contributed by atoms with van der Waals surface area (Å²) in [6.45, 7) is 1.89. The molecule has 0 bridgehead atoms. The van der Waals surface area contributed by atoms with Gasteiger partial charge in [0, 0.05) is 12.4 Å². The lowest BCUT2D eigenvalue weighted by atomic mass is 10.7. The SMILES string of the molecule is Cc1nnc(Sc2nc(NN)nc(-n3cccn3)n2)s1. The number of nitrogens with one attached hydrogen (secondary N) is 1. The number of anilines is 1. The zero-order valence-electron chi connectivity index (χ0n) is 10.3. The van der Waals surface area contributed by atoms with Crippen LogP contribution >= 0.6 is 23.1 Å². The van der Waals surface area contributed by atoms with Gasteiger partial charge in [0.1, 0.15) is 5.01 Å². The molecule has 0 aromatic carbocycles. The van der Waals surface area contributed by atoms with Crippen LogP contribution in [0.1, 0.15) is 5.01 Å². The van der Waals surface area contributed by atoms with Crippen LogP contribution in [0.5, 0.6) is 0 Å². The molecule has 20 heavy (non-hydrogen) atoms. The number of nitrogens with two attached hydrogens (primary N) is 1. The average molecular weight is 307 g/mol. The summed E-state index contributed by atoms with van der Waals surface area (Å²) in [5.74, 6) is 6.01. The van der Waals surface area contributed by atoms with Gasteiger partial charge in [0.25, 0.3) is 5.95 Å². The fraction of sp³-hybridized carbons (Fsp3) is 0.111. The van der Waals surface area contributed by atoms with E-state index < -0.39 is 0 Å². The molecule has 102 valence electrons. The monoisotopic (exact) mass is 307 g/mol. The first-order chi connectivity index (χ1) is 9.74. The summed E-state index contributed by atoms with van der Waals surface area (Å²) in [6, 6.07) is 1.78. The first-order valence-electron chi connectivity index (χ1n) is 5.45.